The number of fused-ring (bicyclic) bond motifs is 1. The maximum Gasteiger partial charge on any atom is 0.152 e. The second kappa shape index (κ2) is 5.64. The summed E-state index contributed by atoms with van der Waals surface area (Å²) in [5, 5.41) is 8.12. The van der Waals surface area contributed by atoms with Crippen LogP contribution in [0.5, 0.6) is 0 Å². The van der Waals surface area contributed by atoms with Gasteiger partial charge in [-0.15, -0.1) is 0 Å². The van der Waals surface area contributed by atoms with E-state index in [1.807, 2.05) is 10.7 Å². The van der Waals surface area contributed by atoms with Crippen LogP contribution in [0.3, 0.4) is 0 Å². The number of hydrogen-bond acceptors (Lipinski definition) is 4. The third-order valence-corrected chi connectivity index (χ3v) is 4.73. The molecule has 1 aliphatic rings. The lowest BCUT2D eigenvalue weighted by atomic mass is 9.86. The van der Waals surface area contributed by atoms with Crippen molar-refractivity contribution in [3.05, 3.63) is 24.2 Å². The van der Waals surface area contributed by atoms with Crippen LogP contribution in [0.4, 0.5) is 5.82 Å². The maximum atomic E-state index is 6.01. The van der Waals surface area contributed by atoms with E-state index in [2.05, 4.69) is 35.3 Å². The van der Waals surface area contributed by atoms with Crippen molar-refractivity contribution in [2.75, 3.05) is 18.4 Å². The van der Waals surface area contributed by atoms with Crippen molar-refractivity contribution < 1.29 is 0 Å². The number of anilines is 1. The van der Waals surface area contributed by atoms with Crippen molar-refractivity contribution in [3.63, 3.8) is 0 Å². The molecule has 0 aromatic carbocycles. The fourth-order valence-corrected chi connectivity index (χ4v) is 3.21. The Labute approximate surface area is 125 Å². The molecule has 0 saturated heterocycles. The van der Waals surface area contributed by atoms with Crippen LogP contribution in [0.15, 0.2) is 18.5 Å². The van der Waals surface area contributed by atoms with E-state index in [1.165, 1.54) is 25.7 Å². The molecule has 1 fully saturated rings. The summed E-state index contributed by atoms with van der Waals surface area (Å²) in [6, 6.07) is 2.13. The molecule has 0 unspecified atom stereocenters. The Morgan fingerprint density at radius 2 is 2.14 bits per heavy atom. The number of hydrogen-bond donors (Lipinski definition) is 2. The minimum Gasteiger partial charge on any atom is -0.368 e. The Kier molecular flexibility index (Phi) is 3.85. The van der Waals surface area contributed by atoms with Gasteiger partial charge in [0.15, 0.2) is 5.82 Å². The van der Waals surface area contributed by atoms with Gasteiger partial charge in [0.05, 0.1) is 5.69 Å². The summed E-state index contributed by atoms with van der Waals surface area (Å²) in [6.45, 7) is 5.96. The summed E-state index contributed by atoms with van der Waals surface area (Å²) >= 11 is 0. The summed E-state index contributed by atoms with van der Waals surface area (Å²) in [4.78, 5) is 4.49. The Bertz CT molecular complexity index is 610. The van der Waals surface area contributed by atoms with E-state index in [1.54, 1.807) is 6.20 Å². The topological polar surface area (TPSA) is 68.2 Å². The van der Waals surface area contributed by atoms with Crippen molar-refractivity contribution in [2.24, 2.45) is 11.1 Å². The van der Waals surface area contributed by atoms with Crippen LogP contribution < -0.4 is 11.1 Å². The predicted molar refractivity (Wildman–Crippen MR) is 85.5 cm³/mol. The number of nitrogens with two attached hydrogens (primary N) is 1. The van der Waals surface area contributed by atoms with Gasteiger partial charge in [0, 0.05) is 18.9 Å². The number of nitrogens with zero attached hydrogens (tertiary/aromatic N) is 3. The highest BCUT2D eigenvalue weighted by atomic mass is 15.2. The number of rotatable bonds is 5. The lowest BCUT2D eigenvalue weighted by Crippen LogP contribution is -2.34. The van der Waals surface area contributed by atoms with E-state index in [4.69, 9.17) is 5.73 Å². The molecule has 2 aromatic heterocycles. The summed E-state index contributed by atoms with van der Waals surface area (Å²) in [5.74, 6) is 1.33. The molecule has 0 radical (unpaired) electrons. The monoisotopic (exact) mass is 287 g/mol. The van der Waals surface area contributed by atoms with Crippen LogP contribution in [-0.4, -0.2) is 27.7 Å². The van der Waals surface area contributed by atoms with E-state index in [9.17, 15) is 0 Å². The van der Waals surface area contributed by atoms with Crippen molar-refractivity contribution in [3.8, 4) is 0 Å². The molecule has 21 heavy (non-hydrogen) atoms. The van der Waals surface area contributed by atoms with Crippen molar-refractivity contribution in [2.45, 2.75) is 45.4 Å². The van der Waals surface area contributed by atoms with Gasteiger partial charge in [0.1, 0.15) is 5.52 Å². The first-order valence-corrected chi connectivity index (χ1v) is 7.92. The first-order chi connectivity index (χ1) is 10.1. The fraction of sp³-hybridized carbons (Fsp3) is 0.625. The average molecular weight is 287 g/mol. The van der Waals surface area contributed by atoms with Gasteiger partial charge in [-0.3, -0.25) is 0 Å². The Morgan fingerprint density at radius 1 is 1.38 bits per heavy atom. The molecule has 0 aliphatic heterocycles. The standard InChI is InChI=1S/C16H25N5/c1-12(2)13-9-14-15(18-7-8-21(14)20-13)19-11-16(10-17)5-3-4-6-16/h7-9,12H,3-6,10-11,17H2,1-2H3,(H,18,19). The van der Waals surface area contributed by atoms with Crippen molar-refractivity contribution >= 4 is 11.3 Å². The zero-order valence-electron chi connectivity index (χ0n) is 13.0. The molecule has 3 N–H and O–H groups in total. The van der Waals surface area contributed by atoms with Crippen LogP contribution in [0.2, 0.25) is 0 Å². The molecule has 1 aliphatic carbocycles. The molecule has 2 aromatic rings. The van der Waals surface area contributed by atoms with E-state index >= 15 is 0 Å². The Balaban J connectivity index is 1.83. The third kappa shape index (κ3) is 2.75. The molecule has 3 rings (SSSR count). The number of nitrogens with one attached hydrogen (secondary N) is 1. The average Bonchev–Trinajstić information content (AvgIpc) is 3.12. The largest absolute Gasteiger partial charge is 0.368 e. The van der Waals surface area contributed by atoms with Gasteiger partial charge in [0.25, 0.3) is 0 Å². The van der Waals surface area contributed by atoms with E-state index in [0.717, 1.165) is 30.1 Å². The smallest absolute Gasteiger partial charge is 0.152 e. The normalized spacial score (nSPS) is 17.7. The SMILES string of the molecule is CC(C)c1cc2c(NCC3(CN)CCCC3)nccn2n1. The maximum absolute atomic E-state index is 6.01. The molecular weight excluding hydrogens is 262 g/mol. The summed E-state index contributed by atoms with van der Waals surface area (Å²) < 4.78 is 1.91. The van der Waals surface area contributed by atoms with E-state index in [-0.39, 0.29) is 5.41 Å². The molecule has 0 spiro atoms. The van der Waals surface area contributed by atoms with E-state index < -0.39 is 0 Å². The Hall–Kier alpha value is -1.62. The summed E-state index contributed by atoms with van der Waals surface area (Å²) in [5.41, 5.74) is 8.40. The van der Waals surface area contributed by atoms with Crippen LogP contribution in [0.25, 0.3) is 5.52 Å². The molecule has 5 heteroatoms. The third-order valence-electron chi connectivity index (χ3n) is 4.73. The molecule has 1 saturated carbocycles. The lowest BCUT2D eigenvalue weighted by molar-refractivity contribution is 0.332. The number of aromatic nitrogens is 3. The van der Waals surface area contributed by atoms with Gasteiger partial charge in [-0.1, -0.05) is 26.7 Å². The van der Waals surface area contributed by atoms with Crippen LogP contribution in [0, 0.1) is 5.41 Å². The summed E-state index contributed by atoms with van der Waals surface area (Å²) in [6.07, 6.45) is 8.73. The quantitative estimate of drug-likeness (QED) is 0.887. The first kappa shape index (κ1) is 14.3. The zero-order chi connectivity index (χ0) is 14.9. The van der Waals surface area contributed by atoms with Gasteiger partial charge in [-0.05, 0) is 36.8 Å². The second-order valence-corrected chi connectivity index (χ2v) is 6.59. The van der Waals surface area contributed by atoms with Crippen LogP contribution >= 0.6 is 0 Å². The Morgan fingerprint density at radius 3 is 2.81 bits per heavy atom. The van der Waals surface area contributed by atoms with Crippen molar-refractivity contribution in [1.29, 1.82) is 0 Å². The van der Waals surface area contributed by atoms with Gasteiger partial charge in [0.2, 0.25) is 0 Å². The molecule has 0 amide bonds. The van der Waals surface area contributed by atoms with Gasteiger partial charge in [-0.2, -0.15) is 5.10 Å². The highest BCUT2D eigenvalue weighted by molar-refractivity contribution is 5.68. The minimum absolute atomic E-state index is 0.245. The zero-order valence-corrected chi connectivity index (χ0v) is 13.0. The van der Waals surface area contributed by atoms with E-state index in [0.29, 0.717) is 5.92 Å². The fourth-order valence-electron chi connectivity index (χ4n) is 3.21. The van der Waals surface area contributed by atoms with Crippen LogP contribution in [0.1, 0.15) is 51.1 Å². The van der Waals surface area contributed by atoms with Crippen LogP contribution in [-0.2, 0) is 0 Å². The molecule has 114 valence electrons. The van der Waals surface area contributed by atoms with Gasteiger partial charge >= 0.3 is 0 Å². The molecule has 2 heterocycles. The molecule has 5 nitrogen and oxygen atoms in total. The van der Waals surface area contributed by atoms with Crippen molar-refractivity contribution in [1.82, 2.24) is 14.6 Å². The van der Waals surface area contributed by atoms with Gasteiger partial charge < -0.3 is 11.1 Å². The predicted octanol–water partition coefficient (Wildman–Crippen LogP) is 2.78. The molecule has 0 atom stereocenters. The lowest BCUT2D eigenvalue weighted by Gasteiger charge is -2.27. The van der Waals surface area contributed by atoms with Gasteiger partial charge in [-0.25, -0.2) is 9.50 Å². The minimum atomic E-state index is 0.245. The molecule has 0 bridgehead atoms. The molecular formula is C16H25N5. The summed E-state index contributed by atoms with van der Waals surface area (Å²) in [7, 11) is 0. The first-order valence-electron chi connectivity index (χ1n) is 7.92. The highest BCUT2D eigenvalue weighted by Gasteiger charge is 2.32. The second-order valence-electron chi connectivity index (χ2n) is 6.59. The highest BCUT2D eigenvalue weighted by Crippen LogP contribution is 2.37.